The second-order valence-corrected chi connectivity index (χ2v) is 7.54. The molecule has 6 heteroatoms. The van der Waals surface area contributed by atoms with Gasteiger partial charge in [-0.05, 0) is 38.7 Å². The molecule has 2 unspecified atom stereocenters. The lowest BCUT2D eigenvalue weighted by Crippen LogP contribution is -2.44. The number of halogens is 1. The van der Waals surface area contributed by atoms with Crippen LogP contribution in [0.5, 0.6) is 0 Å². The number of aliphatic imine (C=N–C) groups is 1. The fourth-order valence-electron chi connectivity index (χ4n) is 3.86. The Morgan fingerprint density at radius 1 is 1.29 bits per heavy atom. The molecule has 2 heterocycles. The lowest BCUT2D eigenvalue weighted by Gasteiger charge is -2.21. The summed E-state index contributed by atoms with van der Waals surface area (Å²) in [5.41, 5.74) is 2.86. The van der Waals surface area contributed by atoms with Crippen LogP contribution in [0.2, 0.25) is 0 Å². The van der Waals surface area contributed by atoms with Crippen molar-refractivity contribution in [2.45, 2.75) is 51.7 Å². The van der Waals surface area contributed by atoms with Crippen LogP contribution in [0.25, 0.3) is 0 Å². The molecule has 28 heavy (non-hydrogen) atoms. The molecule has 2 N–H and O–H groups in total. The molecule has 0 bridgehead atoms. The number of hydrogen-bond donors (Lipinski definition) is 2. The standard InChI is InChI=1S/C22H34N4O.HI/c1-3-23-22(24-12-9-19-10-13-27-14-11-19)25-21-15-18(2)26(17-21)16-20-7-5-4-6-8-20;/h4-8,10,18,21H,3,9,11-17H2,1-2H3,(H2,23,24,25);1H. The molecular weight excluding hydrogens is 463 g/mol. The number of hydrogen-bond acceptors (Lipinski definition) is 3. The van der Waals surface area contributed by atoms with Crippen molar-refractivity contribution in [1.82, 2.24) is 15.5 Å². The van der Waals surface area contributed by atoms with Gasteiger partial charge in [-0.15, -0.1) is 24.0 Å². The van der Waals surface area contributed by atoms with Crippen molar-refractivity contribution < 1.29 is 4.74 Å². The van der Waals surface area contributed by atoms with Crippen molar-refractivity contribution in [3.63, 3.8) is 0 Å². The zero-order valence-corrected chi connectivity index (χ0v) is 19.5. The summed E-state index contributed by atoms with van der Waals surface area (Å²) in [5, 5.41) is 7.06. The molecule has 156 valence electrons. The normalized spacial score (nSPS) is 23.1. The molecule has 1 aromatic rings. The summed E-state index contributed by atoms with van der Waals surface area (Å²) in [4.78, 5) is 7.36. The van der Waals surface area contributed by atoms with E-state index in [1.165, 1.54) is 11.1 Å². The molecule has 2 aliphatic rings. The van der Waals surface area contributed by atoms with E-state index in [9.17, 15) is 0 Å². The number of nitrogens with zero attached hydrogens (tertiary/aromatic N) is 2. The van der Waals surface area contributed by atoms with E-state index in [2.05, 4.69) is 65.8 Å². The van der Waals surface area contributed by atoms with E-state index in [1.807, 2.05) is 0 Å². The highest BCUT2D eigenvalue weighted by Crippen LogP contribution is 2.20. The zero-order valence-electron chi connectivity index (χ0n) is 17.2. The van der Waals surface area contributed by atoms with Gasteiger partial charge in [0, 0.05) is 38.3 Å². The summed E-state index contributed by atoms with van der Waals surface area (Å²) < 4.78 is 5.38. The van der Waals surface area contributed by atoms with E-state index in [0.717, 1.165) is 64.6 Å². The summed E-state index contributed by atoms with van der Waals surface area (Å²) in [7, 11) is 0. The Kier molecular flexibility index (Phi) is 10.3. The second kappa shape index (κ2) is 12.4. The minimum atomic E-state index is 0. The zero-order chi connectivity index (χ0) is 18.9. The van der Waals surface area contributed by atoms with E-state index >= 15 is 0 Å². The molecule has 3 rings (SSSR count). The SMILES string of the molecule is CCNC(=NCCC1=CCOCC1)NC1CC(C)N(Cc2ccccc2)C1.I. The van der Waals surface area contributed by atoms with Gasteiger partial charge >= 0.3 is 0 Å². The van der Waals surface area contributed by atoms with Gasteiger partial charge in [0.15, 0.2) is 5.96 Å². The van der Waals surface area contributed by atoms with Crippen LogP contribution in [0.1, 0.15) is 38.7 Å². The van der Waals surface area contributed by atoms with Crippen LogP contribution in [0.15, 0.2) is 47.0 Å². The number of rotatable bonds is 7. The van der Waals surface area contributed by atoms with Gasteiger partial charge in [0.25, 0.3) is 0 Å². The van der Waals surface area contributed by atoms with Crippen molar-refractivity contribution in [1.29, 1.82) is 0 Å². The smallest absolute Gasteiger partial charge is 0.191 e. The summed E-state index contributed by atoms with van der Waals surface area (Å²) in [6.45, 7) is 9.85. The largest absolute Gasteiger partial charge is 0.377 e. The Bertz CT molecular complexity index is 635. The molecule has 0 radical (unpaired) electrons. The molecule has 1 fully saturated rings. The molecule has 0 aromatic heterocycles. The Morgan fingerprint density at radius 2 is 2.11 bits per heavy atom. The van der Waals surface area contributed by atoms with Gasteiger partial charge in [0.05, 0.1) is 13.2 Å². The molecule has 2 atom stereocenters. The van der Waals surface area contributed by atoms with E-state index in [-0.39, 0.29) is 24.0 Å². The molecule has 0 aliphatic carbocycles. The summed E-state index contributed by atoms with van der Waals surface area (Å²) in [5.74, 6) is 0.948. The quantitative estimate of drug-likeness (QED) is 0.261. The van der Waals surface area contributed by atoms with E-state index < -0.39 is 0 Å². The maximum Gasteiger partial charge on any atom is 0.191 e. The van der Waals surface area contributed by atoms with Gasteiger partial charge in [-0.2, -0.15) is 0 Å². The fraction of sp³-hybridized carbons (Fsp3) is 0.591. The number of likely N-dealkylation sites (tertiary alicyclic amines) is 1. The number of benzene rings is 1. The fourth-order valence-corrected chi connectivity index (χ4v) is 3.86. The minimum Gasteiger partial charge on any atom is -0.377 e. The van der Waals surface area contributed by atoms with Crippen LogP contribution in [0, 0.1) is 0 Å². The maximum atomic E-state index is 5.38. The lowest BCUT2D eigenvalue weighted by atomic mass is 10.1. The van der Waals surface area contributed by atoms with Gasteiger partial charge in [-0.25, -0.2) is 0 Å². The third-order valence-corrected chi connectivity index (χ3v) is 5.38. The number of nitrogens with one attached hydrogen (secondary N) is 2. The first-order chi connectivity index (χ1) is 13.2. The number of guanidine groups is 1. The molecule has 2 aliphatic heterocycles. The minimum absolute atomic E-state index is 0. The topological polar surface area (TPSA) is 48.9 Å². The molecular formula is C22H35IN4O. The summed E-state index contributed by atoms with van der Waals surface area (Å²) in [6, 6.07) is 11.8. The van der Waals surface area contributed by atoms with Crippen molar-refractivity contribution >= 4 is 29.9 Å². The molecule has 0 amide bonds. The van der Waals surface area contributed by atoms with Crippen LogP contribution in [0.4, 0.5) is 0 Å². The van der Waals surface area contributed by atoms with Crippen molar-refractivity contribution in [3.8, 4) is 0 Å². The first-order valence-electron chi connectivity index (χ1n) is 10.3. The van der Waals surface area contributed by atoms with Gasteiger partial charge in [0.1, 0.15) is 0 Å². The maximum absolute atomic E-state index is 5.38. The Balaban J connectivity index is 0.00000280. The van der Waals surface area contributed by atoms with Crippen LogP contribution in [-0.4, -0.2) is 55.8 Å². The Hall–Kier alpha value is -1.12. The first-order valence-corrected chi connectivity index (χ1v) is 10.3. The Morgan fingerprint density at radius 3 is 2.82 bits per heavy atom. The molecule has 1 saturated heterocycles. The van der Waals surface area contributed by atoms with Gasteiger partial charge in [-0.3, -0.25) is 9.89 Å². The predicted octanol–water partition coefficient (Wildman–Crippen LogP) is 3.56. The van der Waals surface area contributed by atoms with Crippen molar-refractivity contribution in [2.75, 3.05) is 32.8 Å². The van der Waals surface area contributed by atoms with Crippen molar-refractivity contribution in [2.24, 2.45) is 4.99 Å². The highest BCUT2D eigenvalue weighted by molar-refractivity contribution is 14.0. The predicted molar refractivity (Wildman–Crippen MR) is 127 cm³/mol. The summed E-state index contributed by atoms with van der Waals surface area (Å²) in [6.07, 6.45) is 5.44. The lowest BCUT2D eigenvalue weighted by molar-refractivity contribution is 0.153. The third-order valence-electron chi connectivity index (χ3n) is 5.38. The van der Waals surface area contributed by atoms with Crippen molar-refractivity contribution in [3.05, 3.63) is 47.5 Å². The third kappa shape index (κ3) is 7.37. The highest BCUT2D eigenvalue weighted by atomic mass is 127. The molecule has 5 nitrogen and oxygen atoms in total. The molecule has 0 saturated carbocycles. The average Bonchev–Trinajstić information content (AvgIpc) is 3.02. The van der Waals surface area contributed by atoms with Crippen LogP contribution >= 0.6 is 24.0 Å². The average molecular weight is 498 g/mol. The number of ether oxygens (including phenoxy) is 1. The Labute approximate surface area is 187 Å². The van der Waals surface area contributed by atoms with E-state index in [4.69, 9.17) is 9.73 Å². The van der Waals surface area contributed by atoms with Crippen LogP contribution in [-0.2, 0) is 11.3 Å². The highest BCUT2D eigenvalue weighted by Gasteiger charge is 2.29. The van der Waals surface area contributed by atoms with Gasteiger partial charge < -0.3 is 15.4 Å². The van der Waals surface area contributed by atoms with Crippen LogP contribution < -0.4 is 10.6 Å². The van der Waals surface area contributed by atoms with E-state index in [1.54, 1.807) is 0 Å². The van der Waals surface area contributed by atoms with Gasteiger partial charge in [0.2, 0.25) is 0 Å². The first kappa shape index (κ1) is 23.2. The van der Waals surface area contributed by atoms with E-state index in [0.29, 0.717) is 12.1 Å². The monoisotopic (exact) mass is 498 g/mol. The summed E-state index contributed by atoms with van der Waals surface area (Å²) >= 11 is 0. The van der Waals surface area contributed by atoms with Crippen LogP contribution in [0.3, 0.4) is 0 Å². The molecule has 0 spiro atoms. The second-order valence-electron chi connectivity index (χ2n) is 7.54. The van der Waals surface area contributed by atoms with Gasteiger partial charge in [-0.1, -0.05) is 42.0 Å². The molecule has 1 aromatic carbocycles.